The molecule has 160 valence electrons. The van der Waals surface area contributed by atoms with Gasteiger partial charge in [-0.05, 0) is 71.2 Å². The second-order valence-electron chi connectivity index (χ2n) is 7.01. The van der Waals surface area contributed by atoms with Crippen LogP contribution in [-0.2, 0) is 10.0 Å². The lowest BCUT2D eigenvalue weighted by Gasteiger charge is -2.19. The van der Waals surface area contributed by atoms with Crippen molar-refractivity contribution in [3.05, 3.63) is 58.1 Å². The molecule has 2 aromatic rings. The van der Waals surface area contributed by atoms with Gasteiger partial charge in [-0.2, -0.15) is 4.31 Å². The highest BCUT2D eigenvalue weighted by atomic mass is 79.9. The van der Waals surface area contributed by atoms with Gasteiger partial charge in [0.25, 0.3) is 11.8 Å². The van der Waals surface area contributed by atoms with Gasteiger partial charge >= 0.3 is 0 Å². The van der Waals surface area contributed by atoms with E-state index in [1.807, 2.05) is 0 Å². The van der Waals surface area contributed by atoms with E-state index in [1.165, 1.54) is 16.4 Å². The van der Waals surface area contributed by atoms with Crippen LogP contribution < -0.4 is 10.6 Å². The summed E-state index contributed by atoms with van der Waals surface area (Å²) in [6.45, 7) is 4.22. The fourth-order valence-corrected chi connectivity index (χ4v) is 4.86. The van der Waals surface area contributed by atoms with E-state index in [0.717, 1.165) is 12.8 Å². The fraction of sp³-hybridized carbons (Fsp3) is 0.333. The lowest BCUT2D eigenvalue weighted by molar-refractivity contribution is 0.0950. The summed E-state index contributed by atoms with van der Waals surface area (Å²) in [4.78, 5) is 24.9. The summed E-state index contributed by atoms with van der Waals surface area (Å²) in [5, 5.41) is 5.65. The van der Waals surface area contributed by atoms with Crippen LogP contribution >= 0.6 is 15.9 Å². The average molecular weight is 494 g/mol. The number of anilines is 1. The molecule has 2 N–H and O–H groups in total. The van der Waals surface area contributed by atoms with Crippen LogP contribution in [0.4, 0.5) is 5.69 Å². The number of sulfonamides is 1. The summed E-state index contributed by atoms with van der Waals surface area (Å²) in [5.41, 5.74) is 1.24. The molecule has 30 heavy (non-hydrogen) atoms. The molecule has 2 aromatic carbocycles. The van der Waals surface area contributed by atoms with Gasteiger partial charge in [0.05, 0.1) is 10.5 Å². The summed E-state index contributed by atoms with van der Waals surface area (Å²) in [6, 6.07) is 11.2. The predicted octanol–water partition coefficient (Wildman–Crippen LogP) is 3.62. The van der Waals surface area contributed by atoms with Crippen LogP contribution in [0.25, 0.3) is 0 Å². The number of benzene rings is 2. The normalized spacial score (nSPS) is 13.9. The SMILES string of the molecule is CCN(CC)S(=O)(=O)c1ccc(Br)c(C(=O)Nc2ccc(C(=O)NC3CC3)cc2)c1. The van der Waals surface area contributed by atoms with E-state index in [9.17, 15) is 18.0 Å². The van der Waals surface area contributed by atoms with Gasteiger partial charge in [-0.3, -0.25) is 9.59 Å². The van der Waals surface area contributed by atoms with Crippen molar-refractivity contribution in [3.8, 4) is 0 Å². The maximum Gasteiger partial charge on any atom is 0.256 e. The molecule has 1 saturated carbocycles. The molecule has 7 nitrogen and oxygen atoms in total. The van der Waals surface area contributed by atoms with Crippen LogP contribution in [0.1, 0.15) is 47.4 Å². The van der Waals surface area contributed by atoms with E-state index in [-0.39, 0.29) is 22.4 Å². The van der Waals surface area contributed by atoms with Crippen LogP contribution in [0.15, 0.2) is 51.8 Å². The molecule has 0 unspecified atom stereocenters. The molecule has 0 atom stereocenters. The zero-order valence-corrected chi connectivity index (χ0v) is 19.2. The summed E-state index contributed by atoms with van der Waals surface area (Å²) in [6.07, 6.45) is 2.02. The third-order valence-electron chi connectivity index (χ3n) is 4.84. The second-order valence-corrected chi connectivity index (χ2v) is 9.80. The molecule has 0 spiro atoms. The Morgan fingerprint density at radius 1 is 1.03 bits per heavy atom. The first kappa shape index (κ1) is 22.5. The first-order valence-corrected chi connectivity index (χ1v) is 12.0. The van der Waals surface area contributed by atoms with E-state index in [2.05, 4.69) is 26.6 Å². The van der Waals surface area contributed by atoms with E-state index in [4.69, 9.17) is 0 Å². The van der Waals surface area contributed by atoms with Crippen LogP contribution in [-0.4, -0.2) is 43.7 Å². The lowest BCUT2D eigenvalue weighted by atomic mass is 10.1. The van der Waals surface area contributed by atoms with Crippen molar-refractivity contribution < 1.29 is 18.0 Å². The first-order valence-electron chi connectivity index (χ1n) is 9.78. The predicted molar refractivity (Wildman–Crippen MR) is 119 cm³/mol. The minimum absolute atomic E-state index is 0.0617. The monoisotopic (exact) mass is 493 g/mol. The van der Waals surface area contributed by atoms with Crippen LogP contribution in [0, 0.1) is 0 Å². The molecule has 0 radical (unpaired) electrons. The maximum absolute atomic E-state index is 12.8. The Balaban J connectivity index is 1.77. The molecular formula is C21H24BrN3O4S. The Bertz CT molecular complexity index is 1050. The van der Waals surface area contributed by atoms with E-state index >= 15 is 0 Å². The largest absolute Gasteiger partial charge is 0.349 e. The quantitative estimate of drug-likeness (QED) is 0.586. The van der Waals surface area contributed by atoms with Gasteiger partial charge in [-0.15, -0.1) is 0 Å². The third kappa shape index (κ3) is 5.08. The Morgan fingerprint density at radius 2 is 1.67 bits per heavy atom. The van der Waals surface area contributed by atoms with Crippen molar-refractivity contribution in [3.63, 3.8) is 0 Å². The van der Waals surface area contributed by atoms with Crippen molar-refractivity contribution in [1.29, 1.82) is 0 Å². The zero-order valence-electron chi connectivity index (χ0n) is 16.8. The van der Waals surface area contributed by atoms with Gasteiger partial charge < -0.3 is 10.6 Å². The van der Waals surface area contributed by atoms with Crippen LogP contribution in [0.3, 0.4) is 0 Å². The lowest BCUT2D eigenvalue weighted by Crippen LogP contribution is -2.30. The van der Waals surface area contributed by atoms with E-state index in [0.29, 0.717) is 28.8 Å². The number of halogens is 1. The zero-order chi connectivity index (χ0) is 21.9. The van der Waals surface area contributed by atoms with Gasteiger partial charge in [0, 0.05) is 34.9 Å². The van der Waals surface area contributed by atoms with Crippen molar-refractivity contribution >= 4 is 43.5 Å². The highest BCUT2D eigenvalue weighted by Crippen LogP contribution is 2.25. The Morgan fingerprint density at radius 3 is 2.23 bits per heavy atom. The summed E-state index contributed by atoms with van der Waals surface area (Å²) >= 11 is 3.32. The topological polar surface area (TPSA) is 95.6 Å². The molecule has 2 amide bonds. The number of hydrogen-bond donors (Lipinski definition) is 2. The maximum atomic E-state index is 12.8. The minimum atomic E-state index is -3.68. The van der Waals surface area contributed by atoms with Crippen molar-refractivity contribution in [2.75, 3.05) is 18.4 Å². The molecular weight excluding hydrogens is 470 g/mol. The average Bonchev–Trinajstić information content (AvgIpc) is 3.53. The number of nitrogens with one attached hydrogen (secondary N) is 2. The molecule has 0 heterocycles. The number of amides is 2. The van der Waals surface area contributed by atoms with Gasteiger partial charge in [0.1, 0.15) is 0 Å². The van der Waals surface area contributed by atoms with Crippen molar-refractivity contribution in [1.82, 2.24) is 9.62 Å². The molecule has 0 aliphatic heterocycles. The van der Waals surface area contributed by atoms with Crippen molar-refractivity contribution in [2.24, 2.45) is 0 Å². The molecule has 0 aromatic heterocycles. The molecule has 0 saturated heterocycles. The smallest absolute Gasteiger partial charge is 0.256 e. The molecule has 9 heteroatoms. The summed E-state index contributed by atoms with van der Waals surface area (Å²) in [5.74, 6) is -0.582. The van der Waals surface area contributed by atoms with Gasteiger partial charge in [-0.25, -0.2) is 8.42 Å². The van der Waals surface area contributed by atoms with Gasteiger partial charge in [-0.1, -0.05) is 13.8 Å². The fourth-order valence-electron chi connectivity index (χ4n) is 2.95. The van der Waals surface area contributed by atoms with E-state index in [1.54, 1.807) is 44.2 Å². The highest BCUT2D eigenvalue weighted by Gasteiger charge is 2.25. The minimum Gasteiger partial charge on any atom is -0.349 e. The van der Waals surface area contributed by atoms with Crippen LogP contribution in [0.2, 0.25) is 0 Å². The summed E-state index contributed by atoms with van der Waals surface area (Å²) in [7, 11) is -3.68. The number of nitrogens with zero attached hydrogens (tertiary/aromatic N) is 1. The number of carbonyl (C=O) groups is 2. The summed E-state index contributed by atoms with van der Waals surface area (Å²) < 4.78 is 27.3. The number of hydrogen-bond acceptors (Lipinski definition) is 4. The molecule has 3 rings (SSSR count). The van der Waals surface area contributed by atoms with E-state index < -0.39 is 15.9 Å². The van der Waals surface area contributed by atoms with Crippen molar-refractivity contribution in [2.45, 2.75) is 37.6 Å². The second kappa shape index (κ2) is 9.28. The highest BCUT2D eigenvalue weighted by molar-refractivity contribution is 9.10. The van der Waals surface area contributed by atoms with Gasteiger partial charge in [0.15, 0.2) is 0 Å². The molecule has 1 fully saturated rings. The Kier molecular flexibility index (Phi) is 6.95. The Hall–Kier alpha value is -2.23. The number of rotatable bonds is 8. The Labute approximate surface area is 185 Å². The first-order chi connectivity index (χ1) is 14.3. The molecule has 0 bridgehead atoms. The van der Waals surface area contributed by atoms with Crippen LogP contribution in [0.5, 0.6) is 0 Å². The molecule has 1 aliphatic carbocycles. The molecule has 1 aliphatic rings. The van der Waals surface area contributed by atoms with Gasteiger partial charge in [0.2, 0.25) is 10.0 Å². The third-order valence-corrected chi connectivity index (χ3v) is 7.58. The standard InChI is InChI=1S/C21H24BrN3O4S/c1-3-25(4-2)30(28,29)17-11-12-19(22)18(13-17)21(27)24-15-7-5-14(6-8-15)20(26)23-16-9-10-16/h5-8,11-13,16H,3-4,9-10H2,1-2H3,(H,23,26)(H,24,27). The number of carbonyl (C=O) groups excluding carboxylic acids is 2.